The van der Waals surface area contributed by atoms with Gasteiger partial charge in [0.05, 0.1) is 3.39 Å². The fourth-order valence-corrected chi connectivity index (χ4v) is 1.44. The molecule has 0 aromatic carbocycles. The second kappa shape index (κ2) is 4.11. The Morgan fingerprint density at radius 1 is 1.62 bits per heavy atom. The van der Waals surface area contributed by atoms with E-state index in [-0.39, 0.29) is 5.97 Å². The number of halogens is 2. The highest BCUT2D eigenvalue weighted by Crippen LogP contribution is 2.26. The van der Waals surface area contributed by atoms with Gasteiger partial charge in [0, 0.05) is 20.3 Å². The normalized spacial score (nSPS) is 25.5. The van der Waals surface area contributed by atoms with Crippen LogP contribution in [0.15, 0.2) is 9.47 Å². The predicted molar refractivity (Wildman–Crippen MR) is 55.6 cm³/mol. The van der Waals surface area contributed by atoms with Crippen LogP contribution in [-0.4, -0.2) is 17.9 Å². The third-order valence-electron chi connectivity index (χ3n) is 1.52. The van der Waals surface area contributed by atoms with Gasteiger partial charge in [-0.1, -0.05) is 6.08 Å². The number of carbonyl (C=O) groups is 1. The van der Waals surface area contributed by atoms with E-state index in [1.54, 1.807) is 13.8 Å². The number of hydrogen-bond donors (Lipinski definition) is 0. The summed E-state index contributed by atoms with van der Waals surface area (Å²) in [4.78, 5) is 11.2. The monoisotopic (exact) mass is 312 g/mol. The average molecular weight is 314 g/mol. The zero-order chi connectivity index (χ0) is 10.1. The lowest BCUT2D eigenvalue weighted by molar-refractivity contribution is -0.160. The smallest absolute Gasteiger partial charge is 0.338 e. The molecule has 0 spiro atoms. The van der Waals surface area contributed by atoms with E-state index in [1.807, 2.05) is 6.08 Å². The number of ether oxygens (including phenoxy) is 2. The lowest BCUT2D eigenvalue weighted by atomic mass is 10.2. The number of rotatable bonds is 2. The van der Waals surface area contributed by atoms with Crippen LogP contribution < -0.4 is 0 Å². The van der Waals surface area contributed by atoms with Crippen molar-refractivity contribution in [2.24, 2.45) is 0 Å². The second-order valence-electron chi connectivity index (χ2n) is 3.16. The van der Waals surface area contributed by atoms with Gasteiger partial charge >= 0.3 is 5.97 Å². The molecule has 0 aromatic rings. The maximum Gasteiger partial charge on any atom is 0.338 e. The maximum atomic E-state index is 11.2. The average Bonchev–Trinajstić information content (AvgIpc) is 2.20. The van der Waals surface area contributed by atoms with Crippen LogP contribution in [-0.2, 0) is 14.3 Å². The number of carbonyl (C=O) groups excluding carboxylic acids is 1. The number of cyclic esters (lactones) is 1. The first-order valence-corrected chi connectivity index (χ1v) is 5.41. The van der Waals surface area contributed by atoms with Gasteiger partial charge in [-0.25, -0.2) is 4.79 Å². The van der Waals surface area contributed by atoms with Crippen LogP contribution in [0.3, 0.4) is 0 Å². The molecule has 0 unspecified atom stereocenters. The SMILES string of the molecule is CC1(C)OC(=O)[C@@H](CC=C(Br)Br)O1. The molecule has 1 fully saturated rings. The third kappa shape index (κ3) is 3.40. The van der Waals surface area contributed by atoms with Crippen LogP contribution >= 0.6 is 31.9 Å². The van der Waals surface area contributed by atoms with Crippen LogP contribution in [0, 0.1) is 0 Å². The predicted octanol–water partition coefficient (Wildman–Crippen LogP) is 2.69. The molecule has 1 saturated heterocycles. The van der Waals surface area contributed by atoms with E-state index in [2.05, 4.69) is 31.9 Å². The van der Waals surface area contributed by atoms with Gasteiger partial charge in [-0.3, -0.25) is 0 Å². The molecule has 0 bridgehead atoms. The van der Waals surface area contributed by atoms with Crippen molar-refractivity contribution in [3.8, 4) is 0 Å². The van der Waals surface area contributed by atoms with E-state index in [0.717, 1.165) is 3.39 Å². The maximum absolute atomic E-state index is 11.2. The summed E-state index contributed by atoms with van der Waals surface area (Å²) >= 11 is 6.40. The van der Waals surface area contributed by atoms with Crippen molar-refractivity contribution in [3.05, 3.63) is 9.47 Å². The molecule has 0 aromatic heterocycles. The Kier molecular flexibility index (Phi) is 3.54. The largest absolute Gasteiger partial charge is 0.432 e. The topological polar surface area (TPSA) is 35.5 Å². The Labute approximate surface area is 93.7 Å². The second-order valence-corrected chi connectivity index (χ2v) is 5.93. The summed E-state index contributed by atoms with van der Waals surface area (Å²) in [7, 11) is 0. The molecule has 1 rings (SSSR count). The molecule has 1 atom stereocenters. The Morgan fingerprint density at radius 3 is 2.62 bits per heavy atom. The molecule has 3 nitrogen and oxygen atoms in total. The molecule has 1 heterocycles. The number of hydrogen-bond acceptors (Lipinski definition) is 3. The zero-order valence-electron chi connectivity index (χ0n) is 7.34. The Hall–Kier alpha value is 0.130. The minimum Gasteiger partial charge on any atom is -0.432 e. The highest BCUT2D eigenvalue weighted by Gasteiger charge is 2.40. The third-order valence-corrected chi connectivity index (χ3v) is 2.17. The highest BCUT2D eigenvalue weighted by atomic mass is 79.9. The van der Waals surface area contributed by atoms with Gasteiger partial charge in [0.15, 0.2) is 6.10 Å². The van der Waals surface area contributed by atoms with Gasteiger partial charge in [-0.15, -0.1) is 0 Å². The van der Waals surface area contributed by atoms with Crippen molar-refractivity contribution in [2.75, 3.05) is 0 Å². The summed E-state index contributed by atoms with van der Waals surface area (Å²) in [5.74, 6) is -1.09. The standard InChI is InChI=1S/C8H10Br2O3/c1-8(2)12-5(7(11)13-8)3-4-6(9)10/h4-5H,3H2,1-2H3/t5-/m1/s1. The van der Waals surface area contributed by atoms with E-state index in [0.29, 0.717) is 6.42 Å². The molecule has 0 radical (unpaired) electrons. The Bertz CT molecular complexity index is 244. The first-order valence-electron chi connectivity index (χ1n) is 3.82. The minimum atomic E-state index is -0.783. The van der Waals surface area contributed by atoms with Crippen LogP contribution in [0.2, 0.25) is 0 Å². The molecule has 1 aliphatic rings. The highest BCUT2D eigenvalue weighted by molar-refractivity contribution is 9.28. The Morgan fingerprint density at radius 2 is 2.23 bits per heavy atom. The first kappa shape index (κ1) is 11.2. The molecule has 5 heteroatoms. The zero-order valence-corrected chi connectivity index (χ0v) is 10.5. The molecule has 0 saturated carbocycles. The first-order chi connectivity index (χ1) is 5.91. The van der Waals surface area contributed by atoms with Gasteiger partial charge < -0.3 is 9.47 Å². The van der Waals surface area contributed by atoms with Crippen LogP contribution in [0.25, 0.3) is 0 Å². The van der Waals surface area contributed by atoms with E-state index >= 15 is 0 Å². The fraction of sp³-hybridized carbons (Fsp3) is 0.625. The molecular weight excluding hydrogens is 304 g/mol. The minimum absolute atomic E-state index is 0.303. The lowest BCUT2D eigenvalue weighted by Gasteiger charge is -2.14. The van der Waals surface area contributed by atoms with E-state index in [1.165, 1.54) is 0 Å². The summed E-state index contributed by atoms with van der Waals surface area (Å²) in [5.41, 5.74) is 0. The van der Waals surface area contributed by atoms with Gasteiger partial charge in [-0.2, -0.15) is 0 Å². The van der Waals surface area contributed by atoms with Crippen LogP contribution in [0.1, 0.15) is 20.3 Å². The van der Waals surface area contributed by atoms with Gasteiger partial charge in [0.2, 0.25) is 5.79 Å². The lowest BCUT2D eigenvalue weighted by Crippen LogP contribution is -2.21. The fourth-order valence-electron chi connectivity index (χ4n) is 1.06. The number of esters is 1. The van der Waals surface area contributed by atoms with Gasteiger partial charge in [0.1, 0.15) is 0 Å². The van der Waals surface area contributed by atoms with E-state index in [9.17, 15) is 4.79 Å². The van der Waals surface area contributed by atoms with Crippen LogP contribution in [0.4, 0.5) is 0 Å². The van der Waals surface area contributed by atoms with Crippen molar-refractivity contribution in [2.45, 2.75) is 32.2 Å². The van der Waals surface area contributed by atoms with E-state index < -0.39 is 11.9 Å². The summed E-state index contributed by atoms with van der Waals surface area (Å²) in [6.07, 6.45) is 1.83. The summed E-state index contributed by atoms with van der Waals surface area (Å²) in [6.45, 7) is 3.44. The molecule has 74 valence electrons. The quantitative estimate of drug-likeness (QED) is 0.735. The molecular formula is C8H10Br2O3. The molecule has 0 N–H and O–H groups in total. The molecule has 1 aliphatic heterocycles. The molecule has 0 aliphatic carbocycles. The van der Waals surface area contributed by atoms with Crippen molar-refractivity contribution < 1.29 is 14.3 Å². The van der Waals surface area contributed by atoms with Crippen molar-refractivity contribution in [1.82, 2.24) is 0 Å². The van der Waals surface area contributed by atoms with Crippen molar-refractivity contribution in [3.63, 3.8) is 0 Å². The molecule has 13 heavy (non-hydrogen) atoms. The van der Waals surface area contributed by atoms with E-state index in [4.69, 9.17) is 9.47 Å². The summed E-state index contributed by atoms with van der Waals surface area (Å²) < 4.78 is 11.1. The van der Waals surface area contributed by atoms with Gasteiger partial charge in [-0.05, 0) is 31.9 Å². The summed E-state index contributed by atoms with van der Waals surface area (Å²) in [5, 5.41) is 0. The van der Waals surface area contributed by atoms with Gasteiger partial charge in [0.25, 0.3) is 0 Å². The summed E-state index contributed by atoms with van der Waals surface area (Å²) in [6, 6.07) is 0. The van der Waals surface area contributed by atoms with Crippen LogP contribution in [0.5, 0.6) is 0 Å². The van der Waals surface area contributed by atoms with Crippen molar-refractivity contribution >= 4 is 37.8 Å². The Balaban J connectivity index is 2.54. The molecule has 0 amide bonds. The van der Waals surface area contributed by atoms with Crippen molar-refractivity contribution in [1.29, 1.82) is 0 Å².